The van der Waals surface area contributed by atoms with Crippen LogP contribution in [0.3, 0.4) is 0 Å². The molecule has 0 fully saturated rings. The number of hydrogen-bond acceptors (Lipinski definition) is 6. The zero-order valence-electron chi connectivity index (χ0n) is 13.1. The molecule has 6 heteroatoms. The summed E-state index contributed by atoms with van der Waals surface area (Å²) in [6.07, 6.45) is 0.554. The van der Waals surface area contributed by atoms with E-state index in [1.165, 1.54) is 14.2 Å². The summed E-state index contributed by atoms with van der Waals surface area (Å²) in [5, 5.41) is 23.2. The number of aliphatic hydroxyl groups is 1. The van der Waals surface area contributed by atoms with Crippen molar-refractivity contribution in [1.82, 2.24) is 5.32 Å². The zero-order chi connectivity index (χ0) is 15.9. The van der Waals surface area contributed by atoms with Gasteiger partial charge in [-0.3, -0.25) is 0 Å². The number of methoxy groups -OCH3 is 3. The molecule has 21 heavy (non-hydrogen) atoms. The van der Waals surface area contributed by atoms with Crippen LogP contribution in [-0.2, 0) is 11.3 Å². The lowest BCUT2D eigenvalue weighted by molar-refractivity contribution is 0.0247. The Kier molecular flexibility index (Phi) is 6.74. The number of phenolic OH excluding ortho intramolecular Hbond substituents is 1. The van der Waals surface area contributed by atoms with Crippen LogP contribution in [0, 0.1) is 0 Å². The van der Waals surface area contributed by atoms with Crippen LogP contribution in [0.15, 0.2) is 12.1 Å². The molecule has 1 unspecified atom stereocenters. The fraction of sp³-hybridized carbons (Fsp3) is 0.600. The van der Waals surface area contributed by atoms with E-state index in [1.807, 2.05) is 0 Å². The Morgan fingerprint density at radius 2 is 1.71 bits per heavy atom. The summed E-state index contributed by atoms with van der Waals surface area (Å²) in [6.45, 7) is 3.23. The molecule has 1 aromatic carbocycles. The van der Waals surface area contributed by atoms with Gasteiger partial charge in [0.05, 0.1) is 19.8 Å². The lowest BCUT2D eigenvalue weighted by atomic mass is 10.0. The molecule has 1 aromatic rings. The molecule has 1 atom stereocenters. The molecule has 0 bridgehead atoms. The highest BCUT2D eigenvalue weighted by atomic mass is 16.5. The quantitative estimate of drug-likeness (QED) is 0.637. The molecule has 0 aliphatic heterocycles. The molecule has 0 saturated carbocycles. The second kappa shape index (κ2) is 8.07. The largest absolute Gasteiger partial charge is 0.502 e. The van der Waals surface area contributed by atoms with Gasteiger partial charge in [0.2, 0.25) is 5.75 Å². The van der Waals surface area contributed by atoms with Crippen LogP contribution < -0.4 is 14.8 Å². The molecule has 0 spiro atoms. The Hall–Kier alpha value is -1.50. The van der Waals surface area contributed by atoms with Gasteiger partial charge in [-0.2, -0.15) is 0 Å². The van der Waals surface area contributed by atoms with Gasteiger partial charge >= 0.3 is 0 Å². The molecule has 0 aliphatic rings. The van der Waals surface area contributed by atoms with Crippen molar-refractivity contribution in [3.8, 4) is 17.2 Å². The van der Waals surface area contributed by atoms with E-state index < -0.39 is 5.60 Å². The van der Waals surface area contributed by atoms with E-state index in [4.69, 9.17) is 14.2 Å². The minimum absolute atomic E-state index is 0.0177. The predicted molar refractivity (Wildman–Crippen MR) is 80.0 cm³/mol. The molecule has 0 aliphatic carbocycles. The van der Waals surface area contributed by atoms with Crippen molar-refractivity contribution in [3.05, 3.63) is 17.7 Å². The van der Waals surface area contributed by atoms with Crippen LogP contribution in [0.2, 0.25) is 0 Å². The van der Waals surface area contributed by atoms with E-state index in [0.29, 0.717) is 37.6 Å². The van der Waals surface area contributed by atoms with Crippen molar-refractivity contribution in [1.29, 1.82) is 0 Å². The number of ether oxygens (including phenoxy) is 3. The van der Waals surface area contributed by atoms with Gasteiger partial charge in [-0.05, 0) is 24.6 Å². The van der Waals surface area contributed by atoms with Crippen LogP contribution in [0.1, 0.15) is 18.9 Å². The third kappa shape index (κ3) is 5.41. The fourth-order valence-electron chi connectivity index (χ4n) is 1.94. The smallest absolute Gasteiger partial charge is 0.200 e. The van der Waals surface area contributed by atoms with Gasteiger partial charge < -0.3 is 29.7 Å². The van der Waals surface area contributed by atoms with Crippen molar-refractivity contribution in [2.45, 2.75) is 25.5 Å². The summed E-state index contributed by atoms with van der Waals surface area (Å²) < 4.78 is 15.2. The second-order valence-electron chi connectivity index (χ2n) is 5.19. The molecule has 6 nitrogen and oxygen atoms in total. The summed E-state index contributed by atoms with van der Waals surface area (Å²) in [5.74, 6) is 0.699. The van der Waals surface area contributed by atoms with Crippen molar-refractivity contribution >= 4 is 0 Å². The molecule has 0 amide bonds. The van der Waals surface area contributed by atoms with Gasteiger partial charge in [-0.1, -0.05) is 0 Å². The molecule has 0 radical (unpaired) electrons. The molecule has 0 aromatic heterocycles. The van der Waals surface area contributed by atoms with Crippen molar-refractivity contribution in [2.75, 3.05) is 34.5 Å². The third-order valence-electron chi connectivity index (χ3n) is 3.22. The van der Waals surface area contributed by atoms with Crippen LogP contribution in [0.4, 0.5) is 0 Å². The molecular formula is C15H25NO5. The summed E-state index contributed by atoms with van der Waals surface area (Å²) in [7, 11) is 4.58. The number of nitrogens with one attached hydrogen (secondary N) is 1. The molecular weight excluding hydrogens is 274 g/mol. The highest BCUT2D eigenvalue weighted by Gasteiger charge is 2.19. The van der Waals surface area contributed by atoms with Crippen LogP contribution in [0.25, 0.3) is 0 Å². The number of aromatic hydroxyl groups is 1. The minimum Gasteiger partial charge on any atom is -0.502 e. The van der Waals surface area contributed by atoms with Gasteiger partial charge in [-0.15, -0.1) is 0 Å². The van der Waals surface area contributed by atoms with Gasteiger partial charge in [0, 0.05) is 33.2 Å². The van der Waals surface area contributed by atoms with E-state index in [0.717, 1.165) is 5.56 Å². The lowest BCUT2D eigenvalue weighted by Gasteiger charge is -2.23. The summed E-state index contributed by atoms with van der Waals surface area (Å²) in [6, 6.07) is 3.46. The Balaban J connectivity index is 2.63. The van der Waals surface area contributed by atoms with Crippen LogP contribution >= 0.6 is 0 Å². The van der Waals surface area contributed by atoms with Gasteiger partial charge in [0.1, 0.15) is 0 Å². The molecule has 1 rings (SSSR count). The maximum atomic E-state index is 10.1. The number of rotatable bonds is 9. The molecule has 3 N–H and O–H groups in total. The molecule has 0 heterocycles. The van der Waals surface area contributed by atoms with Crippen molar-refractivity contribution < 1.29 is 24.4 Å². The van der Waals surface area contributed by atoms with Gasteiger partial charge in [0.15, 0.2) is 11.5 Å². The van der Waals surface area contributed by atoms with Gasteiger partial charge in [0.25, 0.3) is 0 Å². The van der Waals surface area contributed by atoms with E-state index in [1.54, 1.807) is 26.2 Å². The number of phenols is 1. The molecule has 0 saturated heterocycles. The third-order valence-corrected chi connectivity index (χ3v) is 3.22. The topological polar surface area (TPSA) is 80.2 Å². The average molecular weight is 299 g/mol. The maximum Gasteiger partial charge on any atom is 0.200 e. The van der Waals surface area contributed by atoms with Crippen molar-refractivity contribution in [2.24, 2.45) is 0 Å². The standard InChI is InChI=1S/C15H25NO5/c1-15(18,5-6-19-2)10-16-9-11-7-12(20-3)14(17)13(8-11)21-4/h7-8,16-18H,5-6,9-10H2,1-4H3. The Bertz CT molecular complexity index is 423. The Morgan fingerprint density at radius 1 is 1.14 bits per heavy atom. The molecule has 120 valence electrons. The number of benzene rings is 1. The lowest BCUT2D eigenvalue weighted by Crippen LogP contribution is -2.38. The first kappa shape index (κ1) is 17.6. The average Bonchev–Trinajstić information content (AvgIpc) is 2.46. The number of hydrogen-bond donors (Lipinski definition) is 3. The SMILES string of the molecule is COCCC(C)(O)CNCc1cc(OC)c(O)c(OC)c1. The van der Waals surface area contributed by atoms with E-state index in [-0.39, 0.29) is 5.75 Å². The van der Waals surface area contributed by atoms with E-state index >= 15 is 0 Å². The van der Waals surface area contributed by atoms with Gasteiger partial charge in [-0.25, -0.2) is 0 Å². The Labute approximate surface area is 125 Å². The normalized spacial score (nSPS) is 13.8. The second-order valence-corrected chi connectivity index (χ2v) is 5.19. The first-order chi connectivity index (χ1) is 9.93. The van der Waals surface area contributed by atoms with Crippen LogP contribution in [-0.4, -0.2) is 50.3 Å². The summed E-state index contributed by atoms with van der Waals surface area (Å²) in [5.41, 5.74) is 0.0604. The first-order valence-corrected chi connectivity index (χ1v) is 6.79. The highest BCUT2D eigenvalue weighted by molar-refractivity contribution is 5.52. The zero-order valence-corrected chi connectivity index (χ0v) is 13.1. The van der Waals surface area contributed by atoms with E-state index in [2.05, 4.69) is 5.32 Å². The van der Waals surface area contributed by atoms with E-state index in [9.17, 15) is 10.2 Å². The van der Waals surface area contributed by atoms with Crippen LogP contribution in [0.5, 0.6) is 17.2 Å². The summed E-state index contributed by atoms with van der Waals surface area (Å²) in [4.78, 5) is 0. The Morgan fingerprint density at radius 3 is 2.19 bits per heavy atom. The predicted octanol–water partition coefficient (Wildman–Crippen LogP) is 1.29. The maximum absolute atomic E-state index is 10.1. The van der Waals surface area contributed by atoms with Crippen molar-refractivity contribution in [3.63, 3.8) is 0 Å². The minimum atomic E-state index is -0.832. The fourth-order valence-corrected chi connectivity index (χ4v) is 1.94. The highest BCUT2D eigenvalue weighted by Crippen LogP contribution is 2.37. The summed E-state index contributed by atoms with van der Waals surface area (Å²) >= 11 is 0. The first-order valence-electron chi connectivity index (χ1n) is 6.79. The monoisotopic (exact) mass is 299 g/mol.